The zero-order valence-electron chi connectivity index (χ0n) is 9.42. The van der Waals surface area contributed by atoms with Gasteiger partial charge in [-0.25, -0.2) is 9.79 Å². The Hall–Kier alpha value is -1.66. The van der Waals surface area contributed by atoms with E-state index in [1.54, 1.807) is 6.08 Å². The highest BCUT2D eigenvalue weighted by atomic mass is 16.1. The summed E-state index contributed by atoms with van der Waals surface area (Å²) in [5, 5.41) is 0. The number of allylic oxidation sites excluding steroid dienone is 1. The minimum absolute atomic E-state index is 0.400. The number of benzene rings is 1. The van der Waals surface area contributed by atoms with Crippen LogP contribution in [0.4, 0.5) is 0 Å². The molecular weight excluding hydrogens is 186 g/mol. The van der Waals surface area contributed by atoms with Crippen LogP contribution < -0.4 is 0 Å². The van der Waals surface area contributed by atoms with Crippen LogP contribution >= 0.6 is 0 Å². The van der Waals surface area contributed by atoms with Crippen molar-refractivity contribution < 1.29 is 4.79 Å². The molecule has 15 heavy (non-hydrogen) atoms. The van der Waals surface area contributed by atoms with Crippen molar-refractivity contribution in [1.82, 2.24) is 0 Å². The van der Waals surface area contributed by atoms with Crippen LogP contribution in [0.3, 0.4) is 0 Å². The van der Waals surface area contributed by atoms with Gasteiger partial charge >= 0.3 is 0 Å². The van der Waals surface area contributed by atoms with Gasteiger partial charge in [0.25, 0.3) is 0 Å². The normalized spacial score (nSPS) is 9.53. The molecule has 0 saturated carbocycles. The van der Waals surface area contributed by atoms with Crippen LogP contribution in [0.2, 0.25) is 0 Å². The van der Waals surface area contributed by atoms with Crippen LogP contribution in [0, 0.1) is 13.8 Å². The molecule has 0 aliphatic heterocycles. The number of nitrogens with zero attached hydrogens (tertiary/aromatic N) is 1. The number of isocyanates is 1. The summed E-state index contributed by atoms with van der Waals surface area (Å²) in [6, 6.07) is 4.14. The smallest absolute Gasteiger partial charge is 0.211 e. The van der Waals surface area contributed by atoms with Crippen molar-refractivity contribution in [3.8, 4) is 0 Å². The van der Waals surface area contributed by atoms with E-state index in [1.165, 1.54) is 11.1 Å². The molecule has 1 rings (SSSR count). The van der Waals surface area contributed by atoms with Crippen molar-refractivity contribution in [2.24, 2.45) is 4.99 Å². The summed E-state index contributed by atoms with van der Waals surface area (Å²) in [5.41, 5.74) is 5.57. The zero-order chi connectivity index (χ0) is 11.4. The zero-order valence-corrected chi connectivity index (χ0v) is 9.42. The Morgan fingerprint density at radius 2 is 2.13 bits per heavy atom. The van der Waals surface area contributed by atoms with Gasteiger partial charge in [-0.2, -0.15) is 0 Å². The van der Waals surface area contributed by atoms with E-state index < -0.39 is 0 Å². The SMILES string of the molecule is C=C(C)c1cc(C)c(C)c(CN=C=O)c1. The van der Waals surface area contributed by atoms with E-state index in [0.717, 1.165) is 16.7 Å². The van der Waals surface area contributed by atoms with Gasteiger partial charge in [0.05, 0.1) is 6.54 Å². The molecule has 2 nitrogen and oxygen atoms in total. The van der Waals surface area contributed by atoms with Gasteiger partial charge in [0, 0.05) is 0 Å². The number of aryl methyl sites for hydroxylation is 1. The van der Waals surface area contributed by atoms with Crippen LogP contribution in [-0.4, -0.2) is 6.08 Å². The van der Waals surface area contributed by atoms with Crippen LogP contribution in [0.1, 0.15) is 29.2 Å². The van der Waals surface area contributed by atoms with Crippen molar-refractivity contribution in [1.29, 1.82) is 0 Å². The number of hydrogen-bond acceptors (Lipinski definition) is 2. The monoisotopic (exact) mass is 201 g/mol. The first-order valence-corrected chi connectivity index (χ1v) is 4.86. The molecule has 0 amide bonds. The fourth-order valence-corrected chi connectivity index (χ4v) is 1.46. The van der Waals surface area contributed by atoms with E-state index >= 15 is 0 Å². The highest BCUT2D eigenvalue weighted by molar-refractivity contribution is 5.63. The summed E-state index contributed by atoms with van der Waals surface area (Å²) < 4.78 is 0. The second-order valence-electron chi connectivity index (χ2n) is 3.77. The lowest BCUT2D eigenvalue weighted by Gasteiger charge is -2.10. The summed E-state index contributed by atoms with van der Waals surface area (Å²) in [5.74, 6) is 0. The van der Waals surface area contributed by atoms with Gasteiger partial charge < -0.3 is 0 Å². The molecule has 0 aromatic heterocycles. The lowest BCUT2D eigenvalue weighted by molar-refractivity contribution is 0.562. The summed E-state index contributed by atoms with van der Waals surface area (Å²) in [6.45, 7) is 10.4. The molecule has 0 aliphatic carbocycles. The molecular formula is C13H15NO. The van der Waals surface area contributed by atoms with Gasteiger partial charge in [-0.1, -0.05) is 18.2 Å². The highest BCUT2D eigenvalue weighted by Crippen LogP contribution is 2.21. The third-order valence-electron chi connectivity index (χ3n) is 2.58. The Bertz CT molecular complexity index is 440. The van der Waals surface area contributed by atoms with Crippen LogP contribution in [-0.2, 0) is 11.3 Å². The number of rotatable bonds is 3. The van der Waals surface area contributed by atoms with Gasteiger partial charge in [0.2, 0.25) is 6.08 Å². The quantitative estimate of drug-likeness (QED) is 0.545. The first-order chi connectivity index (χ1) is 7.06. The molecule has 0 saturated heterocycles. The number of aliphatic imine (C=N–C) groups is 1. The van der Waals surface area contributed by atoms with Crippen molar-refractivity contribution in [2.45, 2.75) is 27.3 Å². The summed E-state index contributed by atoms with van der Waals surface area (Å²) in [4.78, 5) is 13.7. The Morgan fingerprint density at radius 3 is 2.67 bits per heavy atom. The maximum atomic E-state index is 10.1. The van der Waals surface area contributed by atoms with E-state index in [9.17, 15) is 4.79 Å². The average Bonchev–Trinajstić information content (AvgIpc) is 2.19. The molecule has 0 N–H and O–H groups in total. The highest BCUT2D eigenvalue weighted by Gasteiger charge is 2.04. The fourth-order valence-electron chi connectivity index (χ4n) is 1.46. The second-order valence-corrected chi connectivity index (χ2v) is 3.77. The Balaban J connectivity index is 3.24. The Kier molecular flexibility index (Phi) is 3.59. The van der Waals surface area contributed by atoms with E-state index in [0.29, 0.717) is 6.54 Å². The standard InChI is InChI=1S/C13H15NO/c1-9(2)12-5-10(3)11(4)13(6-12)7-14-8-15/h5-6H,1,7H2,2-4H3. The Labute approximate surface area is 90.4 Å². The maximum absolute atomic E-state index is 10.1. The predicted octanol–water partition coefficient (Wildman–Crippen LogP) is 3.17. The summed E-state index contributed by atoms with van der Waals surface area (Å²) in [6.07, 6.45) is 1.56. The van der Waals surface area contributed by atoms with Crippen LogP contribution in [0.25, 0.3) is 5.57 Å². The van der Waals surface area contributed by atoms with E-state index in [2.05, 4.69) is 24.6 Å². The molecule has 0 radical (unpaired) electrons. The van der Waals surface area contributed by atoms with Gasteiger partial charge in [-0.3, -0.25) is 0 Å². The van der Waals surface area contributed by atoms with Gasteiger partial charge in [-0.15, -0.1) is 0 Å². The molecule has 78 valence electrons. The first-order valence-electron chi connectivity index (χ1n) is 4.86. The molecule has 2 heteroatoms. The molecule has 0 fully saturated rings. The van der Waals surface area contributed by atoms with E-state index in [4.69, 9.17) is 0 Å². The lowest BCUT2D eigenvalue weighted by Crippen LogP contribution is -1.94. The van der Waals surface area contributed by atoms with Crippen molar-refractivity contribution >= 4 is 11.7 Å². The van der Waals surface area contributed by atoms with E-state index in [1.807, 2.05) is 19.9 Å². The Morgan fingerprint density at radius 1 is 1.47 bits per heavy atom. The molecule has 1 aromatic carbocycles. The minimum atomic E-state index is 0.400. The average molecular weight is 201 g/mol. The minimum Gasteiger partial charge on any atom is -0.211 e. The second kappa shape index (κ2) is 4.72. The summed E-state index contributed by atoms with van der Waals surface area (Å²) >= 11 is 0. The fraction of sp³-hybridized carbons (Fsp3) is 0.308. The number of carbonyl (C=O) groups excluding carboxylic acids is 1. The maximum Gasteiger partial charge on any atom is 0.235 e. The van der Waals surface area contributed by atoms with Crippen molar-refractivity contribution in [2.75, 3.05) is 0 Å². The molecule has 1 aromatic rings. The third-order valence-corrected chi connectivity index (χ3v) is 2.58. The van der Waals surface area contributed by atoms with E-state index in [-0.39, 0.29) is 0 Å². The lowest BCUT2D eigenvalue weighted by atomic mass is 9.97. The number of hydrogen-bond donors (Lipinski definition) is 0. The van der Waals surface area contributed by atoms with Crippen molar-refractivity contribution in [3.05, 3.63) is 41.0 Å². The van der Waals surface area contributed by atoms with Gasteiger partial charge in [0.15, 0.2) is 0 Å². The predicted molar refractivity (Wildman–Crippen MR) is 62.4 cm³/mol. The largest absolute Gasteiger partial charge is 0.235 e. The molecule has 0 bridgehead atoms. The molecule has 0 atom stereocenters. The first kappa shape index (κ1) is 11.4. The molecule has 0 heterocycles. The van der Waals surface area contributed by atoms with Crippen LogP contribution in [0.5, 0.6) is 0 Å². The summed E-state index contributed by atoms with van der Waals surface area (Å²) in [7, 11) is 0. The molecule has 0 unspecified atom stereocenters. The molecule has 0 spiro atoms. The molecule has 0 aliphatic rings. The van der Waals surface area contributed by atoms with Crippen molar-refractivity contribution in [3.63, 3.8) is 0 Å². The van der Waals surface area contributed by atoms with Gasteiger partial charge in [0.1, 0.15) is 0 Å². The van der Waals surface area contributed by atoms with Crippen LogP contribution in [0.15, 0.2) is 23.7 Å². The van der Waals surface area contributed by atoms with Gasteiger partial charge in [-0.05, 0) is 49.1 Å². The topological polar surface area (TPSA) is 29.4 Å². The third kappa shape index (κ3) is 2.64.